The van der Waals surface area contributed by atoms with Crippen LogP contribution in [0, 0.1) is 12.7 Å². The second kappa shape index (κ2) is 11.3. The summed E-state index contributed by atoms with van der Waals surface area (Å²) in [6.45, 7) is 9.39. The third-order valence-corrected chi connectivity index (χ3v) is 7.76. The molecule has 3 aromatic rings. The fourth-order valence-corrected chi connectivity index (χ4v) is 5.87. The normalized spacial score (nSPS) is 15.9. The fraction of sp³-hybridized carbons (Fsp3) is 0.414. The van der Waals surface area contributed by atoms with E-state index < -0.39 is 0 Å². The average Bonchev–Trinajstić information content (AvgIpc) is 3.18. The van der Waals surface area contributed by atoms with E-state index in [1.807, 2.05) is 31.1 Å². The molecule has 202 valence electrons. The van der Waals surface area contributed by atoms with E-state index in [4.69, 9.17) is 5.10 Å². The molecular weight excluding hydrogens is 501 g/mol. The summed E-state index contributed by atoms with van der Waals surface area (Å²) in [5.74, 6) is 0.0108. The Balaban J connectivity index is 1.93. The number of benzene rings is 2. The van der Waals surface area contributed by atoms with Crippen LogP contribution in [-0.2, 0) is 15.0 Å². The van der Waals surface area contributed by atoms with E-state index in [-0.39, 0.29) is 40.6 Å². The predicted octanol–water partition coefficient (Wildman–Crippen LogP) is 4.46. The Hall–Kier alpha value is -3.17. The van der Waals surface area contributed by atoms with Gasteiger partial charge in [0.15, 0.2) is 0 Å². The first kappa shape index (κ1) is 27.9. The summed E-state index contributed by atoms with van der Waals surface area (Å²) in [7, 11) is 3.88. The summed E-state index contributed by atoms with van der Waals surface area (Å²) < 4.78 is 15.6. The van der Waals surface area contributed by atoms with Crippen molar-refractivity contribution in [2.75, 3.05) is 44.4 Å². The number of anilines is 1. The molecule has 4 rings (SSSR count). The molecule has 1 aromatic heterocycles. The van der Waals surface area contributed by atoms with Gasteiger partial charge in [0, 0.05) is 24.1 Å². The summed E-state index contributed by atoms with van der Waals surface area (Å²) in [6.07, 6.45) is 0. The summed E-state index contributed by atoms with van der Waals surface area (Å²) in [4.78, 5) is 30.3. The predicted molar refractivity (Wildman–Crippen MR) is 152 cm³/mol. The smallest absolute Gasteiger partial charge is 0.240 e. The molecule has 0 bridgehead atoms. The Labute approximate surface area is 228 Å². The maximum absolute atomic E-state index is 13.9. The van der Waals surface area contributed by atoms with Gasteiger partial charge >= 0.3 is 0 Å². The Kier molecular flexibility index (Phi) is 8.28. The van der Waals surface area contributed by atoms with Gasteiger partial charge in [-0.15, -0.1) is 11.8 Å². The first-order valence-corrected chi connectivity index (χ1v) is 13.8. The van der Waals surface area contributed by atoms with E-state index in [1.165, 1.54) is 12.1 Å². The molecule has 1 atom stereocenters. The Morgan fingerprint density at radius 1 is 1.16 bits per heavy atom. The van der Waals surface area contributed by atoms with Crippen molar-refractivity contribution >= 4 is 29.4 Å². The van der Waals surface area contributed by atoms with Crippen LogP contribution in [0.25, 0.3) is 5.69 Å². The molecule has 1 unspecified atom stereocenters. The second-order valence-electron chi connectivity index (χ2n) is 10.9. The number of halogens is 1. The molecule has 0 fully saturated rings. The lowest BCUT2D eigenvalue weighted by atomic mass is 9.86. The molecule has 0 saturated heterocycles. The average molecular weight is 538 g/mol. The highest BCUT2D eigenvalue weighted by atomic mass is 32.2. The SMILES string of the molecule is Cc1ccccc1C1SCC(=O)N(CC(=O)NCCN(C)C)c2c1c(C(C)(C)C)nn2-c1ccc(F)cc1. The molecule has 0 spiro atoms. The largest absolute Gasteiger partial charge is 0.353 e. The number of hydrogen-bond acceptors (Lipinski definition) is 5. The van der Waals surface area contributed by atoms with Crippen LogP contribution >= 0.6 is 11.8 Å². The number of carbonyl (C=O) groups is 2. The van der Waals surface area contributed by atoms with Crippen LogP contribution in [0.3, 0.4) is 0 Å². The maximum Gasteiger partial charge on any atom is 0.240 e. The first-order valence-electron chi connectivity index (χ1n) is 12.8. The van der Waals surface area contributed by atoms with Gasteiger partial charge in [-0.3, -0.25) is 14.5 Å². The standard InChI is InChI=1S/C29H36FN5O2S/c1-19-9-7-8-10-22(19)26-25-27(29(2,3)4)32-35(21-13-11-20(30)12-14-21)28(25)34(24(37)18-38-26)17-23(36)31-15-16-33(5)6/h7-14,26H,15-18H2,1-6H3,(H,31,36). The van der Waals surface area contributed by atoms with Crippen molar-refractivity contribution in [2.24, 2.45) is 0 Å². The molecule has 1 aliphatic rings. The molecule has 2 heterocycles. The molecule has 1 aliphatic heterocycles. The Morgan fingerprint density at radius 3 is 2.47 bits per heavy atom. The molecule has 2 aromatic carbocycles. The number of carbonyl (C=O) groups excluding carboxylic acids is 2. The molecule has 9 heteroatoms. The molecule has 0 radical (unpaired) electrons. The summed E-state index contributed by atoms with van der Waals surface area (Å²) in [5.41, 5.74) is 4.24. The fourth-order valence-electron chi connectivity index (χ4n) is 4.58. The lowest BCUT2D eigenvalue weighted by molar-refractivity contribution is -0.122. The van der Waals surface area contributed by atoms with Gasteiger partial charge in [0.1, 0.15) is 18.2 Å². The third kappa shape index (κ3) is 5.94. The highest BCUT2D eigenvalue weighted by Crippen LogP contribution is 2.49. The number of aromatic nitrogens is 2. The molecule has 38 heavy (non-hydrogen) atoms. The van der Waals surface area contributed by atoms with Crippen molar-refractivity contribution in [3.8, 4) is 5.69 Å². The zero-order valence-corrected chi connectivity index (χ0v) is 23.7. The monoisotopic (exact) mass is 537 g/mol. The molecule has 7 nitrogen and oxygen atoms in total. The van der Waals surface area contributed by atoms with Crippen molar-refractivity contribution in [1.82, 2.24) is 20.0 Å². The number of thioether (sulfide) groups is 1. The van der Waals surface area contributed by atoms with E-state index in [9.17, 15) is 14.0 Å². The van der Waals surface area contributed by atoms with Gasteiger partial charge in [-0.25, -0.2) is 9.07 Å². The van der Waals surface area contributed by atoms with Gasteiger partial charge in [-0.1, -0.05) is 45.0 Å². The Bertz CT molecular complexity index is 1310. The van der Waals surface area contributed by atoms with Crippen LogP contribution in [-0.4, -0.2) is 66.0 Å². The van der Waals surface area contributed by atoms with Crippen molar-refractivity contribution in [1.29, 1.82) is 0 Å². The number of amides is 2. The minimum atomic E-state index is -0.357. The number of nitrogens with zero attached hydrogens (tertiary/aromatic N) is 4. The number of aryl methyl sites for hydroxylation is 1. The Morgan fingerprint density at radius 2 is 1.84 bits per heavy atom. The van der Waals surface area contributed by atoms with Gasteiger partial charge in [-0.2, -0.15) is 5.10 Å². The van der Waals surface area contributed by atoms with Gasteiger partial charge < -0.3 is 10.2 Å². The zero-order valence-electron chi connectivity index (χ0n) is 22.9. The quantitative estimate of drug-likeness (QED) is 0.482. The highest BCUT2D eigenvalue weighted by Gasteiger charge is 2.40. The highest BCUT2D eigenvalue weighted by molar-refractivity contribution is 8.00. The van der Waals surface area contributed by atoms with Crippen molar-refractivity contribution in [3.63, 3.8) is 0 Å². The molecule has 2 amide bonds. The maximum atomic E-state index is 13.9. The van der Waals surface area contributed by atoms with E-state index in [0.29, 0.717) is 24.6 Å². The number of fused-ring (bicyclic) bond motifs is 1. The van der Waals surface area contributed by atoms with Crippen LogP contribution in [0.2, 0.25) is 0 Å². The van der Waals surface area contributed by atoms with Gasteiger partial charge in [0.25, 0.3) is 0 Å². The molecule has 1 N–H and O–H groups in total. The molecule has 0 saturated carbocycles. The van der Waals surface area contributed by atoms with Gasteiger partial charge in [-0.05, 0) is 56.4 Å². The number of hydrogen-bond donors (Lipinski definition) is 1. The van der Waals surface area contributed by atoms with Crippen LogP contribution in [0.5, 0.6) is 0 Å². The van der Waals surface area contributed by atoms with Crippen molar-refractivity contribution in [3.05, 3.63) is 76.7 Å². The minimum absolute atomic E-state index is 0.128. The van der Waals surface area contributed by atoms with E-state index in [1.54, 1.807) is 33.5 Å². The minimum Gasteiger partial charge on any atom is -0.353 e. The van der Waals surface area contributed by atoms with Crippen molar-refractivity contribution in [2.45, 2.75) is 38.4 Å². The van der Waals surface area contributed by atoms with E-state index in [0.717, 1.165) is 22.4 Å². The zero-order chi connectivity index (χ0) is 27.6. The first-order chi connectivity index (χ1) is 18.0. The van der Waals surface area contributed by atoms with Crippen LogP contribution < -0.4 is 10.2 Å². The molecular formula is C29H36FN5O2S. The van der Waals surface area contributed by atoms with Gasteiger partial charge in [0.2, 0.25) is 11.8 Å². The number of likely N-dealkylation sites (N-methyl/N-ethyl adjacent to an activating group) is 1. The lowest BCUT2D eigenvalue weighted by Crippen LogP contribution is -2.43. The topological polar surface area (TPSA) is 70.5 Å². The van der Waals surface area contributed by atoms with Crippen LogP contribution in [0.1, 0.15) is 48.4 Å². The summed E-state index contributed by atoms with van der Waals surface area (Å²) >= 11 is 1.55. The van der Waals surface area contributed by atoms with E-state index >= 15 is 0 Å². The lowest BCUT2D eigenvalue weighted by Gasteiger charge is -2.25. The van der Waals surface area contributed by atoms with Gasteiger partial charge in [0.05, 0.1) is 22.4 Å². The van der Waals surface area contributed by atoms with Crippen LogP contribution in [0.4, 0.5) is 10.2 Å². The summed E-state index contributed by atoms with van der Waals surface area (Å²) in [6, 6.07) is 14.2. The third-order valence-electron chi connectivity index (χ3n) is 6.52. The number of rotatable bonds is 7. The summed E-state index contributed by atoms with van der Waals surface area (Å²) in [5, 5.41) is 7.80. The number of nitrogens with one attached hydrogen (secondary N) is 1. The second-order valence-corrected chi connectivity index (χ2v) is 12.0. The van der Waals surface area contributed by atoms with Crippen molar-refractivity contribution < 1.29 is 14.0 Å². The molecule has 0 aliphatic carbocycles. The van der Waals surface area contributed by atoms with Crippen LogP contribution in [0.15, 0.2) is 48.5 Å². The van der Waals surface area contributed by atoms with E-state index in [2.05, 4.69) is 45.1 Å².